The van der Waals surface area contributed by atoms with Gasteiger partial charge in [-0.15, -0.1) is 0 Å². The molecule has 0 aliphatic carbocycles. The van der Waals surface area contributed by atoms with Crippen LogP contribution in [0.25, 0.3) is 0 Å². The Morgan fingerprint density at radius 3 is 2.92 bits per heavy atom. The summed E-state index contributed by atoms with van der Waals surface area (Å²) in [5.74, 6) is 0. The Hall–Kier alpha value is -0.120. The molecule has 2 N–H and O–H groups in total. The van der Waals surface area contributed by atoms with Gasteiger partial charge in [-0.2, -0.15) is 0 Å². The minimum Gasteiger partial charge on any atom is -0.381 e. The van der Waals surface area contributed by atoms with Crippen molar-refractivity contribution in [3.63, 3.8) is 0 Å². The van der Waals surface area contributed by atoms with Crippen molar-refractivity contribution in [2.45, 2.75) is 25.8 Å². The number of piperazine rings is 1. The Labute approximate surface area is 74.9 Å². The Kier molecular flexibility index (Phi) is 5.32. The van der Waals surface area contributed by atoms with E-state index in [0.717, 1.165) is 45.7 Å². The maximum absolute atomic E-state index is 5.42. The van der Waals surface area contributed by atoms with Crippen LogP contribution in [-0.2, 0) is 4.74 Å². The van der Waals surface area contributed by atoms with Gasteiger partial charge in [0.15, 0.2) is 0 Å². The summed E-state index contributed by atoms with van der Waals surface area (Å²) < 4.78 is 5.42. The molecule has 0 aromatic heterocycles. The third-order valence-corrected chi connectivity index (χ3v) is 2.08. The standard InChI is InChI=1S/C9H20N2O/c1-2-6-12-7-3-9-8-10-4-5-11-9/h9-11H,2-8H2,1H3. The molecule has 1 fully saturated rings. The van der Waals surface area contributed by atoms with E-state index in [4.69, 9.17) is 4.74 Å². The second-order valence-corrected chi connectivity index (χ2v) is 3.26. The number of hydrogen-bond donors (Lipinski definition) is 2. The molecule has 1 aliphatic heterocycles. The van der Waals surface area contributed by atoms with E-state index in [1.165, 1.54) is 0 Å². The average molecular weight is 172 g/mol. The Balaban J connectivity index is 1.91. The van der Waals surface area contributed by atoms with Crippen molar-refractivity contribution in [3.8, 4) is 0 Å². The molecule has 0 radical (unpaired) electrons. The van der Waals surface area contributed by atoms with Gasteiger partial charge in [-0.3, -0.25) is 0 Å². The summed E-state index contributed by atoms with van der Waals surface area (Å²) in [5.41, 5.74) is 0. The molecule has 3 nitrogen and oxygen atoms in total. The van der Waals surface area contributed by atoms with E-state index >= 15 is 0 Å². The molecule has 0 aromatic carbocycles. The highest BCUT2D eigenvalue weighted by Gasteiger charge is 2.10. The topological polar surface area (TPSA) is 33.3 Å². The van der Waals surface area contributed by atoms with Crippen molar-refractivity contribution in [2.24, 2.45) is 0 Å². The van der Waals surface area contributed by atoms with E-state index in [2.05, 4.69) is 17.6 Å². The first-order valence-corrected chi connectivity index (χ1v) is 4.95. The second-order valence-electron chi connectivity index (χ2n) is 3.26. The maximum atomic E-state index is 5.42. The molecule has 1 rings (SSSR count). The molecule has 3 heteroatoms. The van der Waals surface area contributed by atoms with Crippen LogP contribution in [0.1, 0.15) is 19.8 Å². The summed E-state index contributed by atoms with van der Waals surface area (Å²) in [6, 6.07) is 0.621. The van der Waals surface area contributed by atoms with Crippen LogP contribution in [0, 0.1) is 0 Å². The Morgan fingerprint density at radius 1 is 1.33 bits per heavy atom. The fraction of sp³-hybridized carbons (Fsp3) is 1.00. The summed E-state index contributed by atoms with van der Waals surface area (Å²) in [6.07, 6.45) is 2.25. The molecule has 1 unspecified atom stereocenters. The summed E-state index contributed by atoms with van der Waals surface area (Å²) in [7, 11) is 0. The zero-order valence-corrected chi connectivity index (χ0v) is 7.94. The maximum Gasteiger partial charge on any atom is 0.0481 e. The molecule has 0 spiro atoms. The first-order chi connectivity index (χ1) is 5.93. The van der Waals surface area contributed by atoms with Gasteiger partial charge < -0.3 is 15.4 Å². The molecule has 1 atom stereocenters. The predicted molar refractivity (Wildman–Crippen MR) is 50.4 cm³/mol. The van der Waals surface area contributed by atoms with Crippen LogP contribution in [0.4, 0.5) is 0 Å². The van der Waals surface area contributed by atoms with Crippen LogP contribution in [0.2, 0.25) is 0 Å². The van der Waals surface area contributed by atoms with E-state index in [0.29, 0.717) is 6.04 Å². The highest BCUT2D eigenvalue weighted by molar-refractivity contribution is 4.74. The molecule has 0 amide bonds. The minimum absolute atomic E-state index is 0.621. The largest absolute Gasteiger partial charge is 0.381 e. The van der Waals surface area contributed by atoms with Gasteiger partial charge in [0.25, 0.3) is 0 Å². The number of ether oxygens (including phenoxy) is 1. The van der Waals surface area contributed by atoms with Gasteiger partial charge >= 0.3 is 0 Å². The average Bonchev–Trinajstić information content (AvgIpc) is 2.14. The summed E-state index contributed by atoms with van der Waals surface area (Å²) in [5, 5.41) is 6.81. The normalized spacial score (nSPS) is 24.2. The van der Waals surface area contributed by atoms with Gasteiger partial charge in [-0.1, -0.05) is 6.92 Å². The first-order valence-electron chi connectivity index (χ1n) is 4.95. The van der Waals surface area contributed by atoms with Gasteiger partial charge in [0, 0.05) is 38.9 Å². The van der Waals surface area contributed by atoms with E-state index in [1.54, 1.807) is 0 Å². The van der Waals surface area contributed by atoms with Crippen molar-refractivity contribution in [2.75, 3.05) is 32.8 Å². The lowest BCUT2D eigenvalue weighted by Gasteiger charge is -2.24. The van der Waals surface area contributed by atoms with Gasteiger partial charge in [0.1, 0.15) is 0 Å². The molecule has 1 aliphatic rings. The van der Waals surface area contributed by atoms with Crippen molar-refractivity contribution < 1.29 is 4.74 Å². The second kappa shape index (κ2) is 6.40. The van der Waals surface area contributed by atoms with E-state index in [9.17, 15) is 0 Å². The van der Waals surface area contributed by atoms with Crippen molar-refractivity contribution in [3.05, 3.63) is 0 Å². The fourth-order valence-electron chi connectivity index (χ4n) is 1.39. The summed E-state index contributed by atoms with van der Waals surface area (Å²) in [6.45, 7) is 7.23. The van der Waals surface area contributed by atoms with Crippen LogP contribution in [0.15, 0.2) is 0 Å². The van der Waals surface area contributed by atoms with Gasteiger partial charge in [-0.25, -0.2) is 0 Å². The molecule has 0 saturated carbocycles. The molecular weight excluding hydrogens is 152 g/mol. The van der Waals surface area contributed by atoms with E-state index < -0.39 is 0 Å². The third kappa shape index (κ3) is 4.04. The molecule has 72 valence electrons. The van der Waals surface area contributed by atoms with Gasteiger partial charge in [0.2, 0.25) is 0 Å². The predicted octanol–water partition coefficient (Wildman–Crippen LogP) is 0.365. The van der Waals surface area contributed by atoms with Crippen LogP contribution in [-0.4, -0.2) is 38.9 Å². The first kappa shape index (κ1) is 9.96. The van der Waals surface area contributed by atoms with Gasteiger partial charge in [-0.05, 0) is 12.8 Å². The number of rotatable bonds is 5. The summed E-state index contributed by atoms with van der Waals surface area (Å²) in [4.78, 5) is 0. The lowest BCUT2D eigenvalue weighted by atomic mass is 10.2. The minimum atomic E-state index is 0.621. The zero-order chi connectivity index (χ0) is 8.65. The van der Waals surface area contributed by atoms with Crippen molar-refractivity contribution in [1.82, 2.24) is 10.6 Å². The van der Waals surface area contributed by atoms with Gasteiger partial charge in [0.05, 0.1) is 0 Å². The van der Waals surface area contributed by atoms with Crippen LogP contribution >= 0.6 is 0 Å². The fourth-order valence-corrected chi connectivity index (χ4v) is 1.39. The van der Waals surface area contributed by atoms with Crippen molar-refractivity contribution >= 4 is 0 Å². The van der Waals surface area contributed by atoms with E-state index in [1.807, 2.05) is 0 Å². The van der Waals surface area contributed by atoms with Crippen LogP contribution in [0.5, 0.6) is 0 Å². The zero-order valence-electron chi connectivity index (χ0n) is 7.94. The Morgan fingerprint density at radius 2 is 2.25 bits per heavy atom. The molecule has 0 bridgehead atoms. The SMILES string of the molecule is CCCOCCC1CNCCN1. The quantitative estimate of drug-likeness (QED) is 0.588. The number of hydrogen-bond acceptors (Lipinski definition) is 3. The molecule has 12 heavy (non-hydrogen) atoms. The smallest absolute Gasteiger partial charge is 0.0481 e. The molecule has 0 aromatic rings. The molecular formula is C9H20N2O. The lowest BCUT2D eigenvalue weighted by molar-refractivity contribution is 0.123. The highest BCUT2D eigenvalue weighted by Crippen LogP contribution is 1.94. The van der Waals surface area contributed by atoms with Crippen LogP contribution in [0.3, 0.4) is 0 Å². The number of nitrogens with one attached hydrogen (secondary N) is 2. The Bertz CT molecular complexity index is 103. The third-order valence-electron chi connectivity index (χ3n) is 2.08. The van der Waals surface area contributed by atoms with Crippen molar-refractivity contribution in [1.29, 1.82) is 0 Å². The lowest BCUT2D eigenvalue weighted by Crippen LogP contribution is -2.48. The monoisotopic (exact) mass is 172 g/mol. The molecule has 1 saturated heterocycles. The highest BCUT2D eigenvalue weighted by atomic mass is 16.5. The summed E-state index contributed by atoms with van der Waals surface area (Å²) >= 11 is 0. The molecule has 1 heterocycles. The van der Waals surface area contributed by atoms with E-state index in [-0.39, 0.29) is 0 Å². The van der Waals surface area contributed by atoms with Crippen LogP contribution < -0.4 is 10.6 Å².